The van der Waals surface area contributed by atoms with Crippen molar-refractivity contribution in [3.63, 3.8) is 0 Å². The lowest BCUT2D eigenvalue weighted by atomic mass is 10.0. The number of unbranched alkanes of at least 4 members (excludes halogenated alkanes) is 33. The molecule has 0 heterocycles. The van der Waals surface area contributed by atoms with Gasteiger partial charge in [-0.05, 0) is 12.8 Å². The van der Waals surface area contributed by atoms with E-state index in [0.717, 1.165) is 19.3 Å². The van der Waals surface area contributed by atoms with Gasteiger partial charge in [0.2, 0.25) is 0 Å². The topological polar surface area (TPSA) is 55.8 Å². The molecule has 1 atom stereocenters. The molecule has 0 fully saturated rings. The lowest BCUT2D eigenvalue weighted by molar-refractivity contribution is -0.154. The smallest absolute Gasteiger partial charge is 0.306 e. The zero-order chi connectivity index (χ0) is 34.1. The maximum absolute atomic E-state index is 12.2. The molecule has 0 spiro atoms. The van der Waals surface area contributed by atoms with Gasteiger partial charge in [0.15, 0.2) is 0 Å². The molecule has 0 saturated heterocycles. The third-order valence-electron chi connectivity index (χ3n) is 9.93. The third kappa shape index (κ3) is 39.7. The minimum absolute atomic E-state index is 0.163. The van der Waals surface area contributed by atoms with E-state index >= 15 is 0 Å². The van der Waals surface area contributed by atoms with E-state index in [0.29, 0.717) is 19.6 Å². The first-order valence-electron chi connectivity index (χ1n) is 21.6. The molecule has 0 aromatic heterocycles. The Morgan fingerprint density at radius 1 is 0.426 bits per heavy atom. The fourth-order valence-electron chi connectivity index (χ4n) is 6.68. The van der Waals surface area contributed by atoms with Crippen LogP contribution in [0.25, 0.3) is 0 Å². The number of ether oxygens (including phenoxy) is 2. The number of aliphatic hydroxyl groups excluding tert-OH is 1. The Balaban J connectivity index is 3.35. The summed E-state index contributed by atoms with van der Waals surface area (Å²) < 4.78 is 11.2. The van der Waals surface area contributed by atoms with Crippen molar-refractivity contribution < 1.29 is 19.4 Å². The number of carbonyl (C=O) groups is 1. The number of hydrogen-bond acceptors (Lipinski definition) is 4. The molecular weight excluding hydrogens is 580 g/mol. The lowest BCUT2D eigenvalue weighted by Gasteiger charge is -2.16. The molecule has 4 nitrogen and oxygen atoms in total. The normalized spacial score (nSPS) is 12.1. The van der Waals surface area contributed by atoms with E-state index in [4.69, 9.17) is 9.47 Å². The van der Waals surface area contributed by atoms with Crippen LogP contribution in [0.4, 0.5) is 0 Å². The van der Waals surface area contributed by atoms with Gasteiger partial charge in [-0.2, -0.15) is 0 Å². The van der Waals surface area contributed by atoms with Gasteiger partial charge in [0.05, 0.1) is 13.2 Å². The molecular formula is C43H86O4. The predicted molar refractivity (Wildman–Crippen MR) is 205 cm³/mol. The molecule has 0 aromatic rings. The van der Waals surface area contributed by atoms with Gasteiger partial charge in [-0.3, -0.25) is 4.79 Å². The minimum Gasteiger partial charge on any atom is -0.457 e. The van der Waals surface area contributed by atoms with E-state index in [9.17, 15) is 9.90 Å². The summed E-state index contributed by atoms with van der Waals surface area (Å²) in [5, 5.41) is 9.60. The van der Waals surface area contributed by atoms with Crippen molar-refractivity contribution in [2.45, 2.75) is 251 Å². The summed E-state index contributed by atoms with van der Waals surface area (Å²) >= 11 is 0. The highest BCUT2D eigenvalue weighted by molar-refractivity contribution is 5.69. The molecule has 0 bridgehead atoms. The van der Waals surface area contributed by atoms with Gasteiger partial charge < -0.3 is 14.6 Å². The SMILES string of the molecule is CCCCCCCCCCCCCCCCCCCCOCC(CO)OC(=O)CCCCCCCCCCCCCCCCCCC. The first-order chi connectivity index (χ1) is 23.2. The van der Waals surface area contributed by atoms with Crippen LogP contribution in [0.5, 0.6) is 0 Å². The van der Waals surface area contributed by atoms with Crippen molar-refractivity contribution in [2.24, 2.45) is 0 Å². The summed E-state index contributed by atoms with van der Waals surface area (Å²) in [5.74, 6) is -0.193. The van der Waals surface area contributed by atoms with Gasteiger partial charge in [0.25, 0.3) is 0 Å². The summed E-state index contributed by atoms with van der Waals surface area (Å²) in [7, 11) is 0. The van der Waals surface area contributed by atoms with Crippen LogP contribution >= 0.6 is 0 Å². The first kappa shape index (κ1) is 46.4. The molecule has 282 valence electrons. The number of aliphatic hydroxyl groups is 1. The predicted octanol–water partition coefficient (Wildman–Crippen LogP) is 14.0. The number of carbonyl (C=O) groups excluding carboxylic acids is 1. The largest absolute Gasteiger partial charge is 0.457 e. The van der Waals surface area contributed by atoms with E-state index in [1.54, 1.807) is 0 Å². The van der Waals surface area contributed by atoms with Gasteiger partial charge >= 0.3 is 5.97 Å². The summed E-state index contributed by atoms with van der Waals surface area (Å²) in [4.78, 5) is 12.2. The molecule has 47 heavy (non-hydrogen) atoms. The molecule has 1 unspecified atom stereocenters. The fraction of sp³-hybridized carbons (Fsp3) is 0.977. The molecule has 0 saturated carbocycles. The van der Waals surface area contributed by atoms with Gasteiger partial charge in [-0.25, -0.2) is 0 Å². The van der Waals surface area contributed by atoms with E-state index in [1.165, 1.54) is 205 Å². The Labute approximate surface area is 295 Å². The van der Waals surface area contributed by atoms with Crippen LogP contribution in [-0.2, 0) is 14.3 Å². The van der Waals surface area contributed by atoms with Gasteiger partial charge in [0, 0.05) is 13.0 Å². The average Bonchev–Trinajstić information content (AvgIpc) is 3.08. The van der Waals surface area contributed by atoms with Crippen LogP contribution in [0.3, 0.4) is 0 Å². The zero-order valence-corrected chi connectivity index (χ0v) is 32.3. The maximum atomic E-state index is 12.2. The van der Waals surface area contributed by atoms with E-state index in [-0.39, 0.29) is 12.6 Å². The Morgan fingerprint density at radius 2 is 0.702 bits per heavy atom. The summed E-state index contributed by atoms with van der Waals surface area (Å²) in [6, 6.07) is 0. The monoisotopic (exact) mass is 667 g/mol. The summed E-state index contributed by atoms with van der Waals surface area (Å²) in [5.41, 5.74) is 0. The highest BCUT2D eigenvalue weighted by atomic mass is 16.6. The van der Waals surface area contributed by atoms with Gasteiger partial charge in [0.1, 0.15) is 6.10 Å². The number of rotatable bonds is 41. The third-order valence-corrected chi connectivity index (χ3v) is 9.93. The average molecular weight is 667 g/mol. The first-order valence-corrected chi connectivity index (χ1v) is 21.6. The van der Waals surface area contributed by atoms with Crippen LogP contribution in [0.1, 0.15) is 245 Å². The molecule has 1 N–H and O–H groups in total. The molecule has 0 aliphatic carbocycles. The second-order valence-electron chi connectivity index (χ2n) is 14.8. The van der Waals surface area contributed by atoms with Crippen molar-refractivity contribution in [3.8, 4) is 0 Å². The van der Waals surface area contributed by atoms with Crippen molar-refractivity contribution >= 4 is 5.97 Å². The van der Waals surface area contributed by atoms with Crippen molar-refractivity contribution in [2.75, 3.05) is 19.8 Å². The lowest BCUT2D eigenvalue weighted by Crippen LogP contribution is -2.27. The Morgan fingerprint density at radius 3 is 1.00 bits per heavy atom. The zero-order valence-electron chi connectivity index (χ0n) is 32.3. The molecule has 0 aliphatic heterocycles. The van der Waals surface area contributed by atoms with Gasteiger partial charge in [-0.1, -0.05) is 226 Å². The van der Waals surface area contributed by atoms with Crippen molar-refractivity contribution in [3.05, 3.63) is 0 Å². The van der Waals surface area contributed by atoms with E-state index in [2.05, 4.69) is 13.8 Å². The maximum Gasteiger partial charge on any atom is 0.306 e. The van der Waals surface area contributed by atoms with E-state index < -0.39 is 6.10 Å². The van der Waals surface area contributed by atoms with Crippen LogP contribution in [0.15, 0.2) is 0 Å². The highest BCUT2D eigenvalue weighted by Crippen LogP contribution is 2.16. The minimum atomic E-state index is -0.524. The number of esters is 1. The van der Waals surface area contributed by atoms with Crippen LogP contribution in [0, 0.1) is 0 Å². The van der Waals surface area contributed by atoms with Crippen LogP contribution in [0.2, 0.25) is 0 Å². The molecule has 0 aromatic carbocycles. The Bertz CT molecular complexity index is 580. The van der Waals surface area contributed by atoms with Gasteiger partial charge in [-0.15, -0.1) is 0 Å². The van der Waals surface area contributed by atoms with Crippen LogP contribution < -0.4 is 0 Å². The second-order valence-corrected chi connectivity index (χ2v) is 14.8. The molecule has 0 aliphatic rings. The second kappa shape index (κ2) is 41.6. The number of hydrogen-bond donors (Lipinski definition) is 1. The van der Waals surface area contributed by atoms with E-state index in [1.807, 2.05) is 0 Å². The highest BCUT2D eigenvalue weighted by Gasteiger charge is 2.13. The fourth-order valence-corrected chi connectivity index (χ4v) is 6.68. The summed E-state index contributed by atoms with van der Waals surface area (Å²) in [6.45, 7) is 5.41. The molecule has 4 heteroatoms. The quantitative estimate of drug-likeness (QED) is 0.0521. The standard InChI is InChI=1S/C43H86O4/c1-3-5-7-9-11-13-15-17-19-21-23-25-27-29-31-33-35-37-39-46-41-42(40-44)47-43(45)38-36-34-32-30-28-26-24-22-20-18-16-14-12-10-8-6-4-2/h42,44H,3-41H2,1-2H3. The van der Waals surface area contributed by atoms with Crippen LogP contribution in [-0.4, -0.2) is 37.0 Å². The Kier molecular flexibility index (Phi) is 41.0. The Hall–Kier alpha value is -0.610. The molecule has 0 rings (SSSR count). The molecule has 0 radical (unpaired) electrons. The van der Waals surface area contributed by atoms with Crippen molar-refractivity contribution in [1.82, 2.24) is 0 Å². The van der Waals surface area contributed by atoms with Crippen molar-refractivity contribution in [1.29, 1.82) is 0 Å². The summed E-state index contributed by atoms with van der Waals surface area (Å²) in [6.07, 6.45) is 47.3. The molecule has 0 amide bonds.